The van der Waals surface area contributed by atoms with Gasteiger partial charge in [-0.1, -0.05) is 100 Å². The van der Waals surface area contributed by atoms with E-state index in [0.29, 0.717) is 0 Å². The minimum Gasteiger partial charge on any atom is -0.367 e. The van der Waals surface area contributed by atoms with Crippen LogP contribution in [0.5, 0.6) is 0 Å². The molecule has 2 nitrogen and oxygen atoms in total. The minimum absolute atomic E-state index is 0.0416. The van der Waals surface area contributed by atoms with Gasteiger partial charge in [0.2, 0.25) is 0 Å². The lowest BCUT2D eigenvalue weighted by atomic mass is 9.45. The molecule has 9 aromatic rings. The van der Waals surface area contributed by atoms with Crippen LogP contribution in [0.1, 0.15) is 62.8 Å². The Labute approximate surface area is 318 Å². The van der Waals surface area contributed by atoms with Gasteiger partial charge in [0.25, 0.3) is 0 Å². The molecule has 2 aliphatic heterocycles. The standard InChI is InChI=1S/C48H39BN2S2/c1-26-22-33-29-14-11-15-32-41-31-13-8-10-17-40(31)53-46(41)51(44(29)32)49-42(33)38(23-26)50(36-19-18-30-28-12-7-9-16-39(28)52-45(30)43(36)49)37-25-35-34(24-27(37)2)47(3,4)20-21-48(35,5)6/h7-19,22-25H,20-21H2,1-6H3. The second-order valence-electron chi connectivity index (χ2n) is 17.3. The van der Waals surface area contributed by atoms with E-state index in [-0.39, 0.29) is 17.7 Å². The van der Waals surface area contributed by atoms with Crippen molar-refractivity contribution in [1.29, 1.82) is 0 Å². The van der Waals surface area contributed by atoms with Gasteiger partial charge in [0.05, 0.1) is 4.83 Å². The molecule has 12 rings (SSSR count). The van der Waals surface area contributed by atoms with E-state index in [1.165, 1.54) is 126 Å². The van der Waals surface area contributed by atoms with Gasteiger partial charge in [-0.2, -0.15) is 0 Å². The summed E-state index contributed by atoms with van der Waals surface area (Å²) in [5.74, 6) is 0. The van der Waals surface area contributed by atoms with Crippen molar-refractivity contribution in [2.45, 2.75) is 65.2 Å². The number of hydrogen-bond donors (Lipinski definition) is 0. The summed E-state index contributed by atoms with van der Waals surface area (Å²) in [6.07, 6.45) is 2.41. The molecule has 0 atom stereocenters. The highest BCUT2D eigenvalue weighted by Crippen LogP contribution is 2.53. The molecule has 0 amide bonds. The number of fused-ring (bicyclic) bond motifs is 14. The third-order valence-electron chi connectivity index (χ3n) is 13.2. The molecule has 0 fully saturated rings. The molecular weight excluding hydrogens is 679 g/mol. The van der Waals surface area contributed by atoms with Gasteiger partial charge < -0.3 is 9.38 Å². The summed E-state index contributed by atoms with van der Waals surface area (Å²) in [5, 5.41) is 6.85. The number of hydrogen-bond acceptors (Lipinski definition) is 3. The monoisotopic (exact) mass is 718 g/mol. The number of para-hydroxylation sites is 1. The molecule has 3 aliphatic rings. The van der Waals surface area contributed by atoms with E-state index in [1.54, 1.807) is 0 Å². The Kier molecular flexibility index (Phi) is 5.79. The fraction of sp³-hybridized carbons (Fsp3) is 0.208. The Balaban J connectivity index is 1.27. The van der Waals surface area contributed by atoms with Crippen LogP contribution in [0.2, 0.25) is 0 Å². The van der Waals surface area contributed by atoms with Crippen LogP contribution in [0.3, 0.4) is 0 Å². The Morgan fingerprint density at radius 1 is 0.585 bits per heavy atom. The molecule has 0 saturated carbocycles. The molecule has 5 heterocycles. The lowest BCUT2D eigenvalue weighted by Crippen LogP contribution is -2.56. The number of anilines is 3. The molecule has 6 aromatic carbocycles. The molecule has 0 bridgehead atoms. The Morgan fingerprint density at radius 2 is 1.28 bits per heavy atom. The summed E-state index contributed by atoms with van der Waals surface area (Å²) < 4.78 is 6.88. The third-order valence-corrected chi connectivity index (χ3v) is 15.6. The van der Waals surface area contributed by atoms with Crippen molar-refractivity contribution in [2.75, 3.05) is 4.90 Å². The fourth-order valence-electron chi connectivity index (χ4n) is 10.5. The van der Waals surface area contributed by atoms with E-state index in [1.807, 2.05) is 22.7 Å². The summed E-state index contributed by atoms with van der Waals surface area (Å²) in [6, 6.07) is 40.0. The summed E-state index contributed by atoms with van der Waals surface area (Å²) in [4.78, 5) is 4.05. The van der Waals surface area contributed by atoms with E-state index in [0.717, 1.165) is 0 Å². The number of rotatable bonds is 1. The molecule has 0 saturated heterocycles. The third kappa shape index (κ3) is 3.80. The highest BCUT2D eigenvalue weighted by atomic mass is 32.1. The average molecular weight is 719 g/mol. The SMILES string of the molecule is Cc1cc2c3c(c1)N(c1cc4c(cc1C)C(C)(C)CCC4(C)C)c1ccc4c(sc5ccccc54)c1B3n1c3sc4ccccc4c3c3cccc-2c31. The Morgan fingerprint density at radius 3 is 2.08 bits per heavy atom. The number of nitrogens with zero attached hydrogens (tertiary/aromatic N) is 2. The van der Waals surface area contributed by atoms with Crippen LogP contribution >= 0.6 is 22.7 Å². The smallest absolute Gasteiger partial charge is 0.335 e. The predicted molar refractivity (Wildman–Crippen MR) is 233 cm³/mol. The first-order chi connectivity index (χ1) is 25.6. The molecular formula is C48H39BN2S2. The minimum atomic E-state index is 0.0416. The molecule has 0 radical (unpaired) electrons. The first-order valence-corrected chi connectivity index (χ1v) is 20.7. The largest absolute Gasteiger partial charge is 0.367 e. The lowest BCUT2D eigenvalue weighted by Gasteiger charge is -2.44. The van der Waals surface area contributed by atoms with E-state index in [9.17, 15) is 0 Å². The van der Waals surface area contributed by atoms with Gasteiger partial charge in [-0.05, 0) is 107 Å². The Bertz CT molecular complexity index is 3120. The zero-order valence-corrected chi connectivity index (χ0v) is 32.7. The Hall–Kier alpha value is -4.84. The maximum absolute atomic E-state index is 2.76. The number of aromatic nitrogens is 1. The molecule has 5 heteroatoms. The maximum Gasteiger partial charge on any atom is 0.335 e. The van der Waals surface area contributed by atoms with Crippen molar-refractivity contribution in [3.05, 3.63) is 125 Å². The van der Waals surface area contributed by atoms with E-state index >= 15 is 0 Å². The van der Waals surface area contributed by atoms with Crippen molar-refractivity contribution in [3.8, 4) is 11.1 Å². The summed E-state index contributed by atoms with van der Waals surface area (Å²) in [6.45, 7) is 14.5. The van der Waals surface area contributed by atoms with Gasteiger partial charge in [-0.3, -0.25) is 0 Å². The van der Waals surface area contributed by atoms with E-state index in [4.69, 9.17) is 0 Å². The van der Waals surface area contributed by atoms with E-state index in [2.05, 4.69) is 154 Å². The highest BCUT2D eigenvalue weighted by molar-refractivity contribution is 7.28. The topological polar surface area (TPSA) is 8.17 Å². The maximum atomic E-state index is 2.76. The lowest BCUT2D eigenvalue weighted by molar-refractivity contribution is 0.332. The van der Waals surface area contributed by atoms with Crippen molar-refractivity contribution in [3.63, 3.8) is 0 Å². The average Bonchev–Trinajstić information content (AvgIpc) is 3.81. The zero-order valence-electron chi connectivity index (χ0n) is 31.0. The van der Waals surface area contributed by atoms with Gasteiger partial charge in [0.15, 0.2) is 0 Å². The number of aryl methyl sites for hydroxylation is 2. The van der Waals surface area contributed by atoms with Gasteiger partial charge in [0, 0.05) is 69.2 Å². The fourth-order valence-corrected chi connectivity index (χ4v) is 13.0. The van der Waals surface area contributed by atoms with E-state index < -0.39 is 0 Å². The molecule has 0 unspecified atom stereocenters. The van der Waals surface area contributed by atoms with Crippen LogP contribution < -0.4 is 15.8 Å². The molecule has 3 aromatic heterocycles. The molecule has 0 spiro atoms. The van der Waals surface area contributed by atoms with Gasteiger partial charge in [-0.15, -0.1) is 22.7 Å². The van der Waals surface area contributed by atoms with Crippen LogP contribution in [0, 0.1) is 13.8 Å². The van der Waals surface area contributed by atoms with Gasteiger partial charge >= 0.3 is 6.85 Å². The normalized spacial score (nSPS) is 16.6. The number of benzene rings is 6. The van der Waals surface area contributed by atoms with Crippen LogP contribution in [-0.4, -0.2) is 11.3 Å². The predicted octanol–water partition coefficient (Wildman–Crippen LogP) is 12.8. The first kappa shape index (κ1) is 30.6. The van der Waals surface area contributed by atoms with Crippen molar-refractivity contribution in [2.24, 2.45) is 0 Å². The van der Waals surface area contributed by atoms with Crippen LogP contribution in [0.4, 0.5) is 17.1 Å². The van der Waals surface area contributed by atoms with Crippen LogP contribution in [0.15, 0.2) is 103 Å². The molecule has 0 N–H and O–H groups in total. The zero-order chi connectivity index (χ0) is 35.7. The van der Waals surface area contributed by atoms with Crippen molar-refractivity contribution < 1.29 is 0 Å². The van der Waals surface area contributed by atoms with Crippen molar-refractivity contribution in [1.82, 2.24) is 4.48 Å². The number of thiophene rings is 2. The molecule has 256 valence electrons. The summed E-state index contributed by atoms with van der Waals surface area (Å²) in [5.41, 5.74) is 16.8. The van der Waals surface area contributed by atoms with Gasteiger partial charge in [-0.25, -0.2) is 0 Å². The highest BCUT2D eigenvalue weighted by Gasteiger charge is 2.46. The van der Waals surface area contributed by atoms with Gasteiger partial charge in [0.1, 0.15) is 0 Å². The molecule has 1 aliphatic carbocycles. The van der Waals surface area contributed by atoms with Crippen LogP contribution in [0.25, 0.3) is 62.5 Å². The summed E-state index contributed by atoms with van der Waals surface area (Å²) in [7, 11) is 0. The van der Waals surface area contributed by atoms with Crippen molar-refractivity contribution >= 4 is 109 Å². The second-order valence-corrected chi connectivity index (χ2v) is 19.3. The quantitative estimate of drug-likeness (QED) is 0.153. The van der Waals surface area contributed by atoms with Crippen LogP contribution in [-0.2, 0) is 10.8 Å². The first-order valence-electron chi connectivity index (χ1n) is 19.1. The summed E-state index contributed by atoms with van der Waals surface area (Å²) >= 11 is 3.93. The second kappa shape index (κ2) is 10.0. The molecule has 53 heavy (non-hydrogen) atoms.